The Balaban J connectivity index is 1.60. The fourth-order valence-corrected chi connectivity index (χ4v) is 6.55. The number of piperidine rings is 1. The van der Waals surface area contributed by atoms with Gasteiger partial charge in [-0.15, -0.1) is 17.8 Å². The van der Waals surface area contributed by atoms with Crippen LogP contribution in [0.3, 0.4) is 0 Å². The van der Waals surface area contributed by atoms with Crippen LogP contribution in [0.25, 0.3) is 0 Å². The Morgan fingerprint density at radius 1 is 1.35 bits per heavy atom. The number of carboxylic acids is 1. The van der Waals surface area contributed by atoms with Crippen molar-refractivity contribution < 1.29 is 32.6 Å². The first-order valence-corrected chi connectivity index (χ1v) is 13.8. The molecule has 1 aromatic heterocycles. The van der Waals surface area contributed by atoms with Crippen LogP contribution in [-0.2, 0) is 14.3 Å². The number of nitrogens with one attached hydrogen (secondary N) is 1. The van der Waals surface area contributed by atoms with E-state index in [9.17, 15) is 19.1 Å². The smallest absolute Gasteiger partial charge is 0.338 e. The number of carbonyl (C=O) groups is 2. The maximum absolute atomic E-state index is 15.2. The Morgan fingerprint density at radius 2 is 2.15 bits per heavy atom. The first-order chi connectivity index (χ1) is 19.1. The van der Waals surface area contributed by atoms with Crippen molar-refractivity contribution in [2.24, 2.45) is 10.9 Å². The molecule has 210 valence electrons. The van der Waals surface area contributed by atoms with Gasteiger partial charge in [-0.25, -0.2) is 22.9 Å². The summed E-state index contributed by atoms with van der Waals surface area (Å²) in [5.74, 6) is -2.90. The number of aliphatic imine (C=N–C) groups is 1. The van der Waals surface area contributed by atoms with Crippen molar-refractivity contribution in [2.75, 3.05) is 13.2 Å². The number of thiazole rings is 1. The van der Waals surface area contributed by atoms with Crippen molar-refractivity contribution in [3.8, 4) is 12.3 Å². The largest absolute Gasteiger partial charge is 0.481 e. The Bertz CT molecular complexity index is 1420. The molecule has 2 saturated heterocycles. The second-order valence-electron chi connectivity index (χ2n) is 10.1. The van der Waals surface area contributed by atoms with Gasteiger partial charge < -0.3 is 15.2 Å². The lowest BCUT2D eigenvalue weighted by atomic mass is 9.87. The monoisotopic (exact) mass is 572 g/mol. The predicted molar refractivity (Wildman–Crippen MR) is 141 cm³/mol. The number of esters is 1. The number of rotatable bonds is 8. The van der Waals surface area contributed by atoms with E-state index in [0.29, 0.717) is 28.5 Å². The minimum atomic E-state index is -3.02. The van der Waals surface area contributed by atoms with E-state index in [4.69, 9.17) is 16.2 Å². The van der Waals surface area contributed by atoms with E-state index in [1.165, 1.54) is 29.5 Å². The number of aromatic nitrogens is 1. The molecule has 5 rings (SSSR count). The zero-order chi connectivity index (χ0) is 28.6. The first-order valence-electron chi connectivity index (χ1n) is 12.9. The second kappa shape index (κ2) is 11.1. The lowest BCUT2D eigenvalue weighted by Gasteiger charge is -2.40. The zero-order valence-corrected chi connectivity index (χ0v) is 22.4. The van der Waals surface area contributed by atoms with Crippen LogP contribution in [0.15, 0.2) is 46.0 Å². The molecular formula is C28H27F3N4O4S. The van der Waals surface area contributed by atoms with E-state index in [0.717, 1.165) is 0 Å². The summed E-state index contributed by atoms with van der Waals surface area (Å²) >= 11 is 1.29. The predicted octanol–water partition coefficient (Wildman–Crippen LogP) is 4.13. The van der Waals surface area contributed by atoms with Gasteiger partial charge in [-0.05, 0) is 43.4 Å². The van der Waals surface area contributed by atoms with Gasteiger partial charge in [0.1, 0.15) is 11.9 Å². The number of fused-ring (bicyclic) bond motifs is 2. The summed E-state index contributed by atoms with van der Waals surface area (Å²) in [7, 11) is 0. The Labute approximate surface area is 233 Å². The molecule has 12 heteroatoms. The van der Waals surface area contributed by atoms with Crippen LogP contribution >= 0.6 is 11.3 Å². The van der Waals surface area contributed by atoms with Crippen molar-refractivity contribution in [1.82, 2.24) is 15.2 Å². The maximum Gasteiger partial charge on any atom is 0.338 e. The summed E-state index contributed by atoms with van der Waals surface area (Å²) in [6.07, 6.45) is 7.03. The molecule has 2 bridgehead atoms. The van der Waals surface area contributed by atoms with Gasteiger partial charge >= 0.3 is 11.9 Å². The number of nitrogens with zero attached hydrogens (tertiary/aromatic N) is 3. The molecule has 4 heterocycles. The molecule has 2 aromatic rings. The van der Waals surface area contributed by atoms with E-state index in [2.05, 4.69) is 16.2 Å². The third-order valence-corrected chi connectivity index (χ3v) is 8.33. The molecule has 2 N–H and O–H groups in total. The molecule has 3 aliphatic heterocycles. The van der Waals surface area contributed by atoms with E-state index >= 15 is 8.78 Å². The van der Waals surface area contributed by atoms with Crippen LogP contribution in [0.5, 0.6) is 0 Å². The number of terminal acetylenes is 1. The quantitative estimate of drug-likeness (QED) is 0.362. The summed E-state index contributed by atoms with van der Waals surface area (Å²) in [5, 5.41) is 14.7. The molecule has 0 aliphatic carbocycles. The third kappa shape index (κ3) is 5.36. The van der Waals surface area contributed by atoms with Crippen molar-refractivity contribution in [3.63, 3.8) is 0 Å². The lowest BCUT2D eigenvalue weighted by Crippen LogP contribution is -2.50. The number of hydrogen-bond donors (Lipinski definition) is 2. The van der Waals surface area contributed by atoms with Gasteiger partial charge in [0.2, 0.25) is 0 Å². The molecule has 8 nitrogen and oxygen atoms in total. The lowest BCUT2D eigenvalue weighted by molar-refractivity contribution is -0.140. The highest BCUT2D eigenvalue weighted by molar-refractivity contribution is 7.11. The molecule has 0 radical (unpaired) electrons. The first kappa shape index (κ1) is 27.9. The number of halogens is 3. The molecular weight excluding hydrogens is 545 g/mol. The van der Waals surface area contributed by atoms with Gasteiger partial charge in [0.25, 0.3) is 5.92 Å². The summed E-state index contributed by atoms with van der Waals surface area (Å²) in [6.45, 7) is 1.64. The molecule has 0 saturated carbocycles. The van der Waals surface area contributed by atoms with Gasteiger partial charge in [-0.1, -0.05) is 12.0 Å². The van der Waals surface area contributed by atoms with E-state index < -0.39 is 48.2 Å². The summed E-state index contributed by atoms with van der Waals surface area (Å²) in [6, 6.07) is 1.06. The standard InChI is InChI=1S/C28H27F3N4O4S/c1-3-16-12-17(29)5-6-19(16)24-23(27(38)39-4-2)20(33-25(34-24)26-32-7-8-40-26)14-35-18-9-15(11-22(36)37)10-21(35)28(30,31)13-18/h1,5-8,12,15,18,21,24H,4,9-11,13-14H2,2H3,(H,33,34)(H,36,37)/t15?,18-,21+,24-/m1/s1. The number of amidine groups is 1. The van der Waals surface area contributed by atoms with Gasteiger partial charge in [-0.2, -0.15) is 0 Å². The topological polar surface area (TPSA) is 104 Å². The molecule has 3 aliphatic rings. The van der Waals surface area contributed by atoms with Crippen molar-refractivity contribution in [2.45, 2.75) is 56.7 Å². The van der Waals surface area contributed by atoms with Gasteiger partial charge in [0.15, 0.2) is 10.8 Å². The van der Waals surface area contributed by atoms with Crippen LogP contribution in [0.2, 0.25) is 0 Å². The normalized spacial score (nSPS) is 25.6. The molecule has 1 unspecified atom stereocenters. The number of alkyl halides is 2. The fourth-order valence-electron chi connectivity index (χ4n) is 5.96. The van der Waals surface area contributed by atoms with Gasteiger partial charge in [-0.3, -0.25) is 14.7 Å². The minimum absolute atomic E-state index is 0.0217. The average molecular weight is 573 g/mol. The second-order valence-corrected chi connectivity index (χ2v) is 11.0. The Morgan fingerprint density at radius 3 is 2.80 bits per heavy atom. The fraction of sp³-hybridized carbons (Fsp3) is 0.429. The molecule has 40 heavy (non-hydrogen) atoms. The zero-order valence-electron chi connectivity index (χ0n) is 21.6. The number of hydrogen-bond acceptors (Lipinski definition) is 8. The van der Waals surface area contributed by atoms with Crippen molar-refractivity contribution >= 4 is 29.1 Å². The van der Waals surface area contributed by atoms with Crippen molar-refractivity contribution in [1.29, 1.82) is 0 Å². The summed E-state index contributed by atoms with van der Waals surface area (Å²) < 4.78 is 49.8. The molecule has 0 amide bonds. The number of ether oxygens (including phenoxy) is 1. The summed E-state index contributed by atoms with van der Waals surface area (Å²) in [4.78, 5) is 35.4. The number of aliphatic carboxylic acids is 1. The molecule has 0 spiro atoms. The molecule has 2 fully saturated rings. The average Bonchev–Trinajstić information content (AvgIpc) is 3.48. The Hall–Kier alpha value is -3.69. The van der Waals surface area contributed by atoms with Crippen molar-refractivity contribution in [3.05, 3.63) is 63.0 Å². The third-order valence-electron chi connectivity index (χ3n) is 7.55. The molecule has 4 atom stereocenters. The number of benzene rings is 1. The highest BCUT2D eigenvalue weighted by Gasteiger charge is 2.57. The van der Waals surface area contributed by atoms with Gasteiger partial charge in [0, 0.05) is 48.3 Å². The van der Waals surface area contributed by atoms with E-state index in [1.54, 1.807) is 23.4 Å². The van der Waals surface area contributed by atoms with Crippen LogP contribution < -0.4 is 5.32 Å². The van der Waals surface area contributed by atoms with Crippen LogP contribution in [0.4, 0.5) is 13.2 Å². The highest BCUT2D eigenvalue weighted by Crippen LogP contribution is 2.49. The SMILES string of the molecule is C#Cc1cc(F)ccc1[C@H]1N=C(c2nccs2)NC(CN2[C@@H]3CC(CC(=O)O)C[C@H]2C(F)(F)C3)=C1C(=O)OCC. The van der Waals surface area contributed by atoms with Crippen LogP contribution in [0, 0.1) is 24.1 Å². The number of carbonyl (C=O) groups excluding carboxylic acids is 1. The highest BCUT2D eigenvalue weighted by atomic mass is 32.1. The Kier molecular flexibility index (Phi) is 7.70. The van der Waals surface area contributed by atoms with Gasteiger partial charge in [0.05, 0.1) is 18.2 Å². The van der Waals surface area contributed by atoms with Crippen LogP contribution in [-0.4, -0.2) is 63.9 Å². The van der Waals surface area contributed by atoms with E-state index in [1.807, 2.05) is 0 Å². The summed E-state index contributed by atoms with van der Waals surface area (Å²) in [5.41, 5.74) is 0.964. The maximum atomic E-state index is 15.2. The molecule has 1 aromatic carbocycles. The van der Waals surface area contributed by atoms with E-state index in [-0.39, 0.29) is 43.0 Å². The van der Waals surface area contributed by atoms with Crippen LogP contribution in [0.1, 0.15) is 54.8 Å². The minimum Gasteiger partial charge on any atom is -0.481 e. The number of carboxylic acid groups (broad SMARTS) is 1.